The fourth-order valence-corrected chi connectivity index (χ4v) is 3.64. The Morgan fingerprint density at radius 3 is 2.23 bits per heavy atom. The van der Waals surface area contributed by atoms with Gasteiger partial charge < -0.3 is 23.7 Å². The van der Waals surface area contributed by atoms with Crippen molar-refractivity contribution in [2.75, 3.05) is 6.61 Å². The summed E-state index contributed by atoms with van der Waals surface area (Å²) in [5.41, 5.74) is 0.670. The lowest BCUT2D eigenvalue weighted by molar-refractivity contribution is -0.285. The maximum atomic E-state index is 13.7. The maximum absolute atomic E-state index is 13.7. The molecule has 1 saturated heterocycles. The standard InChI is InChI=1S/C22H24FN3O9/c1-11(27)31-10-18-20(32-12(2)28)19(21(33-13(3)29)22(35-18)34-14(4)30)26-9-17(24-25-26)15-6-5-7-16(23)8-15/h5-9,18-22H,10H2,1-4H3. The fraction of sp³-hybridized carbons (Fsp3) is 0.455. The van der Waals surface area contributed by atoms with Crippen molar-refractivity contribution >= 4 is 23.9 Å². The molecule has 1 aromatic heterocycles. The summed E-state index contributed by atoms with van der Waals surface area (Å²) in [5, 5.41) is 8.11. The predicted molar refractivity (Wildman–Crippen MR) is 113 cm³/mol. The highest BCUT2D eigenvalue weighted by atomic mass is 19.1. The quantitative estimate of drug-likeness (QED) is 0.407. The van der Waals surface area contributed by atoms with Crippen LogP contribution < -0.4 is 0 Å². The van der Waals surface area contributed by atoms with Gasteiger partial charge in [0.05, 0.1) is 6.20 Å². The number of hydrogen-bond acceptors (Lipinski definition) is 11. The van der Waals surface area contributed by atoms with Gasteiger partial charge in [-0.3, -0.25) is 19.2 Å². The summed E-state index contributed by atoms with van der Waals surface area (Å²) in [6.07, 6.45) is -3.73. The van der Waals surface area contributed by atoms with Crippen LogP contribution in [0.15, 0.2) is 30.5 Å². The van der Waals surface area contributed by atoms with Crippen LogP contribution >= 0.6 is 0 Å². The van der Waals surface area contributed by atoms with Gasteiger partial charge in [0.25, 0.3) is 0 Å². The molecule has 3 rings (SSSR count). The molecular formula is C22H24FN3O9. The third kappa shape index (κ3) is 6.59. The Kier molecular flexibility index (Phi) is 8.12. The number of carbonyl (C=O) groups is 4. The molecule has 0 bridgehead atoms. The lowest BCUT2D eigenvalue weighted by Gasteiger charge is -2.44. The van der Waals surface area contributed by atoms with Gasteiger partial charge in [0.1, 0.15) is 30.3 Å². The van der Waals surface area contributed by atoms with Gasteiger partial charge in [0.2, 0.25) is 6.29 Å². The summed E-state index contributed by atoms with van der Waals surface area (Å²) in [4.78, 5) is 47.1. The average molecular weight is 493 g/mol. The van der Waals surface area contributed by atoms with E-state index in [2.05, 4.69) is 10.3 Å². The van der Waals surface area contributed by atoms with E-state index >= 15 is 0 Å². The molecule has 1 aromatic carbocycles. The first-order chi connectivity index (χ1) is 16.5. The fourth-order valence-electron chi connectivity index (χ4n) is 3.64. The molecule has 1 aliphatic heterocycles. The minimum Gasteiger partial charge on any atom is -0.463 e. The second-order valence-electron chi connectivity index (χ2n) is 7.69. The Balaban J connectivity index is 2.09. The summed E-state index contributed by atoms with van der Waals surface area (Å²) in [6, 6.07) is 4.49. The third-order valence-electron chi connectivity index (χ3n) is 4.89. The zero-order chi connectivity index (χ0) is 25.7. The van der Waals surface area contributed by atoms with Crippen molar-refractivity contribution in [2.24, 2.45) is 0 Å². The van der Waals surface area contributed by atoms with Crippen LogP contribution in [0.1, 0.15) is 33.7 Å². The first kappa shape index (κ1) is 25.7. The molecule has 188 valence electrons. The summed E-state index contributed by atoms with van der Waals surface area (Å²) in [6.45, 7) is 4.21. The number of esters is 4. The van der Waals surface area contributed by atoms with Crippen LogP contribution in [0, 0.1) is 5.82 Å². The molecule has 0 spiro atoms. The molecule has 2 heterocycles. The van der Waals surface area contributed by atoms with Gasteiger partial charge in [-0.2, -0.15) is 0 Å². The minimum atomic E-state index is -1.46. The topological polar surface area (TPSA) is 145 Å². The molecule has 5 atom stereocenters. The van der Waals surface area contributed by atoms with E-state index in [4.69, 9.17) is 23.7 Å². The zero-order valence-electron chi connectivity index (χ0n) is 19.4. The van der Waals surface area contributed by atoms with Crippen LogP contribution in [0.4, 0.5) is 4.39 Å². The molecule has 1 aliphatic rings. The Labute approximate surface area is 199 Å². The van der Waals surface area contributed by atoms with Crippen LogP contribution in [-0.2, 0) is 42.9 Å². The van der Waals surface area contributed by atoms with Crippen LogP contribution in [0.2, 0.25) is 0 Å². The number of benzene rings is 1. The normalized spacial score (nSPS) is 23.7. The molecule has 35 heavy (non-hydrogen) atoms. The molecule has 0 amide bonds. The van der Waals surface area contributed by atoms with Crippen molar-refractivity contribution in [1.29, 1.82) is 0 Å². The molecule has 0 aliphatic carbocycles. The second-order valence-corrected chi connectivity index (χ2v) is 7.69. The van der Waals surface area contributed by atoms with Crippen LogP contribution in [0.5, 0.6) is 0 Å². The summed E-state index contributed by atoms with van der Waals surface area (Å²) in [5.74, 6) is -3.33. The number of hydrogen-bond donors (Lipinski definition) is 0. The van der Waals surface area contributed by atoms with Gasteiger partial charge in [-0.25, -0.2) is 9.07 Å². The Morgan fingerprint density at radius 1 is 0.971 bits per heavy atom. The lowest BCUT2D eigenvalue weighted by atomic mass is 9.95. The highest BCUT2D eigenvalue weighted by Gasteiger charge is 2.53. The molecule has 0 N–H and O–H groups in total. The molecular weight excluding hydrogens is 469 g/mol. The number of carbonyl (C=O) groups excluding carboxylic acids is 4. The summed E-state index contributed by atoms with van der Waals surface area (Å²) in [7, 11) is 0. The van der Waals surface area contributed by atoms with Crippen molar-refractivity contribution in [3.8, 4) is 11.3 Å². The van der Waals surface area contributed by atoms with E-state index in [0.717, 1.165) is 20.8 Å². The van der Waals surface area contributed by atoms with Crippen molar-refractivity contribution < 1.29 is 47.3 Å². The van der Waals surface area contributed by atoms with Crippen molar-refractivity contribution in [3.05, 3.63) is 36.3 Å². The summed E-state index contributed by atoms with van der Waals surface area (Å²) >= 11 is 0. The molecule has 0 saturated carbocycles. The molecule has 5 unspecified atom stereocenters. The number of aromatic nitrogens is 3. The number of ether oxygens (including phenoxy) is 5. The Hall–Kier alpha value is -3.87. The van der Waals surface area contributed by atoms with Gasteiger partial charge in [0.15, 0.2) is 12.2 Å². The number of halogens is 1. The van der Waals surface area contributed by atoms with Gasteiger partial charge in [0, 0.05) is 33.3 Å². The molecule has 2 aromatic rings. The zero-order valence-corrected chi connectivity index (χ0v) is 19.4. The van der Waals surface area contributed by atoms with Gasteiger partial charge in [-0.05, 0) is 12.1 Å². The summed E-state index contributed by atoms with van der Waals surface area (Å²) < 4.78 is 41.8. The molecule has 12 nitrogen and oxygen atoms in total. The monoisotopic (exact) mass is 493 g/mol. The maximum Gasteiger partial charge on any atom is 0.305 e. The van der Waals surface area contributed by atoms with Gasteiger partial charge >= 0.3 is 23.9 Å². The molecule has 1 fully saturated rings. The van der Waals surface area contributed by atoms with Crippen molar-refractivity contribution in [3.63, 3.8) is 0 Å². The first-order valence-electron chi connectivity index (χ1n) is 10.5. The largest absolute Gasteiger partial charge is 0.463 e. The van der Waals surface area contributed by atoms with E-state index in [9.17, 15) is 23.6 Å². The van der Waals surface area contributed by atoms with Crippen LogP contribution in [0.3, 0.4) is 0 Å². The van der Waals surface area contributed by atoms with Gasteiger partial charge in [-0.1, -0.05) is 17.3 Å². The SMILES string of the molecule is CC(=O)OCC1OC(OC(C)=O)C(OC(C)=O)C(n2cc(-c3cccc(F)c3)nn2)C1OC(C)=O. The van der Waals surface area contributed by atoms with Crippen molar-refractivity contribution in [2.45, 2.75) is 58.3 Å². The van der Waals surface area contributed by atoms with E-state index in [1.165, 1.54) is 36.0 Å². The lowest BCUT2D eigenvalue weighted by Crippen LogP contribution is -2.59. The van der Waals surface area contributed by atoms with E-state index in [1.807, 2.05) is 0 Å². The van der Waals surface area contributed by atoms with E-state index < -0.39 is 60.3 Å². The van der Waals surface area contributed by atoms with E-state index in [0.29, 0.717) is 5.56 Å². The highest BCUT2D eigenvalue weighted by Crippen LogP contribution is 2.36. The van der Waals surface area contributed by atoms with Gasteiger partial charge in [-0.15, -0.1) is 5.10 Å². The van der Waals surface area contributed by atoms with E-state index in [-0.39, 0.29) is 12.3 Å². The van der Waals surface area contributed by atoms with Crippen molar-refractivity contribution in [1.82, 2.24) is 15.0 Å². The second kappa shape index (κ2) is 11.0. The van der Waals surface area contributed by atoms with Crippen LogP contribution in [-0.4, -0.2) is 70.1 Å². The smallest absolute Gasteiger partial charge is 0.305 e. The predicted octanol–water partition coefficient (Wildman–Crippen LogP) is 1.34. The Bertz CT molecular complexity index is 1110. The average Bonchev–Trinajstić information content (AvgIpc) is 3.23. The Morgan fingerprint density at radius 2 is 1.63 bits per heavy atom. The minimum absolute atomic E-state index is 0.264. The van der Waals surface area contributed by atoms with Crippen LogP contribution in [0.25, 0.3) is 11.3 Å². The number of rotatable bonds is 7. The first-order valence-corrected chi connectivity index (χ1v) is 10.5. The van der Waals surface area contributed by atoms with E-state index in [1.54, 1.807) is 6.07 Å². The number of nitrogens with zero attached hydrogens (tertiary/aromatic N) is 3. The molecule has 13 heteroatoms. The molecule has 0 radical (unpaired) electrons. The highest BCUT2D eigenvalue weighted by molar-refractivity contribution is 5.68. The third-order valence-corrected chi connectivity index (χ3v) is 4.89.